The van der Waals surface area contributed by atoms with Crippen LogP contribution in [0.25, 0.3) is 0 Å². The van der Waals surface area contributed by atoms with E-state index in [1.54, 1.807) is 0 Å². The van der Waals surface area contributed by atoms with Crippen molar-refractivity contribution in [1.82, 2.24) is 0 Å². The molecule has 0 spiro atoms. The molecule has 0 bridgehead atoms. The number of carbonyl (C=O) groups excluding carboxylic acids is 1. The Morgan fingerprint density at radius 1 is 1.27 bits per heavy atom. The maximum absolute atomic E-state index is 11.9. The molecule has 0 fully saturated rings. The maximum Gasteiger partial charge on any atom is 0.164 e. The van der Waals surface area contributed by atoms with Crippen molar-refractivity contribution in [2.45, 2.75) is 40.2 Å². The van der Waals surface area contributed by atoms with Gasteiger partial charge in [0.15, 0.2) is 5.78 Å². The van der Waals surface area contributed by atoms with Gasteiger partial charge in [0.25, 0.3) is 0 Å². The molecule has 2 N–H and O–H groups in total. The summed E-state index contributed by atoms with van der Waals surface area (Å²) < 4.78 is 0. The van der Waals surface area contributed by atoms with Crippen LogP contribution in [0.5, 0.6) is 0 Å². The molecule has 2 heteroatoms. The molecule has 0 radical (unpaired) electrons. The van der Waals surface area contributed by atoms with E-state index in [2.05, 4.69) is 0 Å². The van der Waals surface area contributed by atoms with Crippen molar-refractivity contribution in [3.8, 4) is 0 Å². The molecule has 0 aliphatic rings. The molecule has 0 aromatic heterocycles. The number of hydrogen-bond acceptors (Lipinski definition) is 2. The first kappa shape index (κ1) is 11.9. The van der Waals surface area contributed by atoms with E-state index in [1.807, 2.05) is 39.8 Å². The summed E-state index contributed by atoms with van der Waals surface area (Å²) in [5.41, 5.74) is 9.79. The van der Waals surface area contributed by atoms with E-state index in [0.29, 0.717) is 6.42 Å². The Morgan fingerprint density at radius 2 is 1.73 bits per heavy atom. The lowest BCUT2D eigenvalue weighted by Crippen LogP contribution is -2.20. The van der Waals surface area contributed by atoms with E-state index >= 15 is 0 Å². The van der Waals surface area contributed by atoms with Crippen LogP contribution >= 0.6 is 0 Å². The summed E-state index contributed by atoms with van der Waals surface area (Å²) in [5, 5.41) is 0. The number of aryl methyl sites for hydroxylation is 3. The molecule has 2 nitrogen and oxygen atoms in total. The summed E-state index contributed by atoms with van der Waals surface area (Å²) in [4.78, 5) is 11.9. The van der Waals surface area contributed by atoms with Crippen LogP contribution in [0, 0.1) is 20.8 Å². The maximum atomic E-state index is 11.9. The summed E-state index contributed by atoms with van der Waals surface area (Å²) in [7, 11) is 0. The van der Waals surface area contributed by atoms with Gasteiger partial charge in [0.05, 0.1) is 0 Å². The molecule has 0 aliphatic carbocycles. The third kappa shape index (κ3) is 2.90. The lowest BCUT2D eigenvalue weighted by molar-refractivity contribution is 0.0975. The zero-order valence-corrected chi connectivity index (χ0v) is 9.92. The van der Waals surface area contributed by atoms with Crippen LogP contribution in [-0.4, -0.2) is 11.8 Å². The van der Waals surface area contributed by atoms with Gasteiger partial charge in [-0.2, -0.15) is 0 Å². The number of ketones is 1. The van der Waals surface area contributed by atoms with E-state index in [-0.39, 0.29) is 11.8 Å². The summed E-state index contributed by atoms with van der Waals surface area (Å²) in [6.45, 7) is 7.86. The predicted molar refractivity (Wildman–Crippen MR) is 63.2 cm³/mol. The van der Waals surface area contributed by atoms with Crippen molar-refractivity contribution in [1.29, 1.82) is 0 Å². The second kappa shape index (κ2) is 4.58. The molecule has 1 rings (SSSR count). The van der Waals surface area contributed by atoms with E-state index in [4.69, 9.17) is 5.73 Å². The van der Waals surface area contributed by atoms with Crippen LogP contribution in [0.15, 0.2) is 12.1 Å². The van der Waals surface area contributed by atoms with Gasteiger partial charge in [0.1, 0.15) is 0 Å². The summed E-state index contributed by atoms with van der Waals surface area (Å²) in [5.74, 6) is 0.153. The molecule has 0 heterocycles. The Hall–Kier alpha value is -1.15. The van der Waals surface area contributed by atoms with Crippen LogP contribution in [0.3, 0.4) is 0 Å². The predicted octanol–water partition coefficient (Wildman–Crippen LogP) is 2.53. The number of Topliss-reactive ketones (excluding diaryl/α,β-unsaturated/α-hetero) is 1. The first-order chi connectivity index (χ1) is 6.91. The van der Waals surface area contributed by atoms with Crippen LogP contribution in [0.2, 0.25) is 0 Å². The third-order valence-electron chi connectivity index (χ3n) is 2.46. The van der Waals surface area contributed by atoms with E-state index in [9.17, 15) is 4.79 Å². The fraction of sp³-hybridized carbons (Fsp3) is 0.462. The highest BCUT2D eigenvalue weighted by molar-refractivity contribution is 5.99. The average Bonchev–Trinajstić information content (AvgIpc) is 1.99. The quantitative estimate of drug-likeness (QED) is 0.770. The monoisotopic (exact) mass is 205 g/mol. The van der Waals surface area contributed by atoms with Gasteiger partial charge in [-0.05, 0) is 38.8 Å². The zero-order valence-electron chi connectivity index (χ0n) is 9.92. The number of rotatable bonds is 3. The van der Waals surface area contributed by atoms with Gasteiger partial charge in [-0.1, -0.05) is 17.7 Å². The summed E-state index contributed by atoms with van der Waals surface area (Å²) in [6.07, 6.45) is 0.421. The van der Waals surface area contributed by atoms with Crippen molar-refractivity contribution >= 4 is 5.78 Å². The smallest absolute Gasteiger partial charge is 0.164 e. The van der Waals surface area contributed by atoms with Crippen molar-refractivity contribution in [2.75, 3.05) is 0 Å². The van der Waals surface area contributed by atoms with Crippen molar-refractivity contribution < 1.29 is 4.79 Å². The third-order valence-corrected chi connectivity index (χ3v) is 2.46. The molecule has 1 unspecified atom stereocenters. The minimum atomic E-state index is -0.0717. The molecule has 1 atom stereocenters. The first-order valence-corrected chi connectivity index (χ1v) is 5.28. The zero-order chi connectivity index (χ0) is 11.6. The second-order valence-electron chi connectivity index (χ2n) is 4.38. The van der Waals surface area contributed by atoms with Gasteiger partial charge in [-0.25, -0.2) is 0 Å². The highest BCUT2D eigenvalue weighted by Crippen LogP contribution is 2.18. The van der Waals surface area contributed by atoms with E-state index in [1.165, 1.54) is 5.56 Å². The molecule has 15 heavy (non-hydrogen) atoms. The summed E-state index contributed by atoms with van der Waals surface area (Å²) >= 11 is 0. The minimum absolute atomic E-state index is 0.0717. The van der Waals surface area contributed by atoms with E-state index < -0.39 is 0 Å². The molecular formula is C13H19NO. The van der Waals surface area contributed by atoms with Gasteiger partial charge in [0, 0.05) is 18.0 Å². The van der Waals surface area contributed by atoms with Crippen molar-refractivity contribution in [2.24, 2.45) is 5.73 Å². The standard InChI is InChI=1S/C13H19NO/c1-8-5-9(2)13(10(3)6-8)12(15)7-11(4)14/h5-6,11H,7,14H2,1-4H3. The number of nitrogens with two attached hydrogens (primary N) is 1. The normalized spacial score (nSPS) is 12.6. The lowest BCUT2D eigenvalue weighted by atomic mass is 9.94. The van der Waals surface area contributed by atoms with Crippen LogP contribution in [0.4, 0.5) is 0 Å². The molecule has 0 saturated carbocycles. The van der Waals surface area contributed by atoms with Crippen molar-refractivity contribution in [3.63, 3.8) is 0 Å². The topological polar surface area (TPSA) is 43.1 Å². The second-order valence-corrected chi connectivity index (χ2v) is 4.38. The average molecular weight is 205 g/mol. The van der Waals surface area contributed by atoms with Gasteiger partial charge in [-0.3, -0.25) is 4.79 Å². The SMILES string of the molecule is Cc1cc(C)c(C(=O)CC(C)N)c(C)c1. The molecule has 0 saturated heterocycles. The number of carbonyl (C=O) groups is 1. The van der Waals surface area contributed by atoms with Gasteiger partial charge < -0.3 is 5.73 Å². The Morgan fingerprint density at radius 3 is 2.13 bits per heavy atom. The molecular weight excluding hydrogens is 186 g/mol. The fourth-order valence-corrected chi connectivity index (χ4v) is 2.01. The molecule has 1 aromatic rings. The van der Waals surface area contributed by atoms with Gasteiger partial charge >= 0.3 is 0 Å². The molecule has 0 aliphatic heterocycles. The number of hydrogen-bond donors (Lipinski definition) is 1. The van der Waals surface area contributed by atoms with Crippen LogP contribution in [-0.2, 0) is 0 Å². The van der Waals surface area contributed by atoms with Crippen LogP contribution in [0.1, 0.15) is 40.4 Å². The van der Waals surface area contributed by atoms with E-state index in [0.717, 1.165) is 16.7 Å². The molecule has 1 aromatic carbocycles. The number of benzene rings is 1. The Balaban J connectivity index is 3.09. The first-order valence-electron chi connectivity index (χ1n) is 5.28. The van der Waals surface area contributed by atoms with Gasteiger partial charge in [0.2, 0.25) is 0 Å². The highest BCUT2D eigenvalue weighted by Gasteiger charge is 2.13. The minimum Gasteiger partial charge on any atom is -0.328 e. The largest absolute Gasteiger partial charge is 0.328 e. The molecule has 0 amide bonds. The molecule has 82 valence electrons. The Labute approximate surface area is 91.5 Å². The highest BCUT2D eigenvalue weighted by atomic mass is 16.1. The van der Waals surface area contributed by atoms with Crippen LogP contribution < -0.4 is 5.73 Å². The van der Waals surface area contributed by atoms with Gasteiger partial charge in [-0.15, -0.1) is 0 Å². The van der Waals surface area contributed by atoms with Crippen molar-refractivity contribution in [3.05, 3.63) is 34.4 Å². The fourth-order valence-electron chi connectivity index (χ4n) is 2.01. The Kier molecular flexibility index (Phi) is 3.64. The Bertz CT molecular complexity index is 357. The lowest BCUT2D eigenvalue weighted by Gasteiger charge is -2.11. The summed E-state index contributed by atoms with van der Waals surface area (Å²) in [6, 6.07) is 4.01.